The standard InChI is InChI=1S/C11H14N4O5S/c1-3-4-9-13-14-11(20-9)15-21(17,18)7-5-8(12-6-7)10(16)19-2/h5-6,12H,3-4H2,1-2H3,(H,14,15). The van der Waals surface area contributed by atoms with Gasteiger partial charge in [-0.1, -0.05) is 12.0 Å². The first-order valence-corrected chi connectivity index (χ1v) is 7.56. The van der Waals surface area contributed by atoms with Crippen molar-refractivity contribution in [1.82, 2.24) is 15.2 Å². The van der Waals surface area contributed by atoms with Gasteiger partial charge in [0.25, 0.3) is 10.0 Å². The summed E-state index contributed by atoms with van der Waals surface area (Å²) in [4.78, 5) is 13.7. The highest BCUT2D eigenvalue weighted by Gasteiger charge is 2.21. The molecule has 0 bridgehead atoms. The fraction of sp³-hybridized carbons (Fsp3) is 0.364. The Kier molecular flexibility index (Phi) is 4.26. The first-order chi connectivity index (χ1) is 9.96. The number of H-pyrrole nitrogens is 1. The first-order valence-electron chi connectivity index (χ1n) is 6.08. The molecule has 0 fully saturated rings. The predicted octanol–water partition coefficient (Wildman–Crippen LogP) is 0.938. The highest BCUT2D eigenvalue weighted by atomic mass is 32.2. The fourth-order valence-corrected chi connectivity index (χ4v) is 2.46. The molecule has 0 radical (unpaired) electrons. The van der Waals surface area contributed by atoms with E-state index >= 15 is 0 Å². The lowest BCUT2D eigenvalue weighted by molar-refractivity contribution is 0.0594. The Bertz CT molecular complexity index is 733. The molecular weight excluding hydrogens is 300 g/mol. The Morgan fingerprint density at radius 1 is 1.48 bits per heavy atom. The Balaban J connectivity index is 2.17. The molecule has 0 spiro atoms. The number of nitrogens with one attached hydrogen (secondary N) is 2. The van der Waals surface area contributed by atoms with E-state index in [0.717, 1.165) is 18.7 Å². The number of hydrogen-bond acceptors (Lipinski definition) is 7. The van der Waals surface area contributed by atoms with Gasteiger partial charge in [-0.2, -0.15) is 0 Å². The van der Waals surface area contributed by atoms with Crippen molar-refractivity contribution in [2.45, 2.75) is 24.7 Å². The fourth-order valence-electron chi connectivity index (χ4n) is 1.54. The zero-order chi connectivity index (χ0) is 15.5. The van der Waals surface area contributed by atoms with Crippen LogP contribution in [-0.4, -0.2) is 36.7 Å². The van der Waals surface area contributed by atoms with Gasteiger partial charge in [0.1, 0.15) is 10.6 Å². The van der Waals surface area contributed by atoms with Gasteiger partial charge in [-0.25, -0.2) is 17.9 Å². The molecule has 114 valence electrons. The van der Waals surface area contributed by atoms with Gasteiger partial charge in [0, 0.05) is 12.6 Å². The van der Waals surface area contributed by atoms with Crippen LogP contribution in [0.15, 0.2) is 21.6 Å². The molecule has 0 atom stereocenters. The van der Waals surface area contributed by atoms with E-state index in [-0.39, 0.29) is 16.6 Å². The molecule has 21 heavy (non-hydrogen) atoms. The second-order valence-corrected chi connectivity index (χ2v) is 5.78. The van der Waals surface area contributed by atoms with Crippen molar-refractivity contribution in [1.29, 1.82) is 0 Å². The van der Waals surface area contributed by atoms with Crippen LogP contribution in [0, 0.1) is 0 Å². The minimum atomic E-state index is -3.92. The molecule has 10 heteroatoms. The highest BCUT2D eigenvalue weighted by Crippen LogP contribution is 2.16. The number of carbonyl (C=O) groups excluding carboxylic acids is 1. The Hall–Kier alpha value is -2.36. The summed E-state index contributed by atoms with van der Waals surface area (Å²) in [6, 6.07) is 0.927. The van der Waals surface area contributed by atoms with Gasteiger partial charge in [-0.15, -0.1) is 5.10 Å². The normalized spacial score (nSPS) is 11.3. The molecular formula is C11H14N4O5S. The number of anilines is 1. The zero-order valence-corrected chi connectivity index (χ0v) is 12.2. The number of rotatable bonds is 6. The number of esters is 1. The average Bonchev–Trinajstić information content (AvgIpc) is 3.07. The van der Waals surface area contributed by atoms with Crippen LogP contribution in [0.25, 0.3) is 0 Å². The molecule has 0 aliphatic carbocycles. The van der Waals surface area contributed by atoms with Gasteiger partial charge in [-0.3, -0.25) is 0 Å². The first kappa shape index (κ1) is 15.0. The molecule has 0 saturated heterocycles. The van der Waals surface area contributed by atoms with Gasteiger partial charge >= 0.3 is 12.0 Å². The molecule has 0 aromatic carbocycles. The van der Waals surface area contributed by atoms with E-state index in [4.69, 9.17) is 4.42 Å². The van der Waals surface area contributed by atoms with Gasteiger partial charge in [-0.05, 0) is 12.5 Å². The maximum absolute atomic E-state index is 12.1. The van der Waals surface area contributed by atoms with Crippen molar-refractivity contribution in [3.05, 3.63) is 23.8 Å². The quantitative estimate of drug-likeness (QED) is 0.759. The summed E-state index contributed by atoms with van der Waals surface area (Å²) in [5.74, 6) is -0.320. The smallest absolute Gasteiger partial charge is 0.354 e. The lowest BCUT2D eigenvalue weighted by Gasteiger charge is -2.00. The van der Waals surface area contributed by atoms with Gasteiger partial charge in [0.15, 0.2) is 0 Å². The zero-order valence-electron chi connectivity index (χ0n) is 11.4. The van der Waals surface area contributed by atoms with E-state index in [1.165, 1.54) is 7.11 Å². The Labute approximate surface area is 120 Å². The van der Waals surface area contributed by atoms with Crippen LogP contribution < -0.4 is 4.72 Å². The van der Waals surface area contributed by atoms with Crippen LogP contribution in [0.3, 0.4) is 0 Å². The van der Waals surface area contributed by atoms with Crippen LogP contribution >= 0.6 is 0 Å². The van der Waals surface area contributed by atoms with E-state index < -0.39 is 16.0 Å². The molecule has 9 nitrogen and oxygen atoms in total. The summed E-state index contributed by atoms with van der Waals surface area (Å²) < 4.78 is 35.9. The number of aromatic nitrogens is 3. The van der Waals surface area contributed by atoms with Crippen LogP contribution in [0.5, 0.6) is 0 Å². The maximum atomic E-state index is 12.1. The molecule has 0 aliphatic rings. The summed E-state index contributed by atoms with van der Waals surface area (Å²) in [7, 11) is -2.72. The van der Waals surface area contributed by atoms with Crippen LogP contribution in [0.1, 0.15) is 29.7 Å². The number of aryl methyl sites for hydroxylation is 1. The second-order valence-electron chi connectivity index (χ2n) is 4.10. The third-order valence-electron chi connectivity index (χ3n) is 2.52. The molecule has 2 rings (SSSR count). The molecule has 0 unspecified atom stereocenters. The SMILES string of the molecule is CCCc1nnc(NS(=O)(=O)c2c[nH]c(C(=O)OC)c2)o1. The van der Waals surface area contributed by atoms with E-state index in [1.807, 2.05) is 6.92 Å². The third-order valence-corrected chi connectivity index (χ3v) is 3.82. The summed E-state index contributed by atoms with van der Waals surface area (Å²) in [6.07, 6.45) is 2.53. The molecule has 2 aromatic heterocycles. The Morgan fingerprint density at radius 2 is 2.24 bits per heavy atom. The highest BCUT2D eigenvalue weighted by molar-refractivity contribution is 7.92. The average molecular weight is 314 g/mol. The topological polar surface area (TPSA) is 127 Å². The molecule has 2 aromatic rings. The van der Waals surface area contributed by atoms with E-state index in [9.17, 15) is 13.2 Å². The van der Waals surface area contributed by atoms with Crippen molar-refractivity contribution >= 4 is 22.0 Å². The molecule has 0 amide bonds. The van der Waals surface area contributed by atoms with Crippen molar-refractivity contribution in [2.75, 3.05) is 11.8 Å². The number of ether oxygens (including phenoxy) is 1. The van der Waals surface area contributed by atoms with E-state index in [2.05, 4.69) is 24.6 Å². The van der Waals surface area contributed by atoms with Crippen molar-refractivity contribution in [3.8, 4) is 0 Å². The molecule has 2 N–H and O–H groups in total. The number of sulfonamides is 1. The second kappa shape index (κ2) is 5.95. The number of aromatic amines is 1. The van der Waals surface area contributed by atoms with Gasteiger partial charge < -0.3 is 14.1 Å². The summed E-state index contributed by atoms with van der Waals surface area (Å²) in [5, 5.41) is 7.30. The minimum Gasteiger partial charge on any atom is -0.464 e. The predicted molar refractivity (Wildman–Crippen MR) is 71.2 cm³/mol. The van der Waals surface area contributed by atoms with Crippen molar-refractivity contribution in [3.63, 3.8) is 0 Å². The van der Waals surface area contributed by atoms with Gasteiger partial charge in [0.2, 0.25) is 5.89 Å². The van der Waals surface area contributed by atoms with Crippen molar-refractivity contribution in [2.24, 2.45) is 0 Å². The van der Waals surface area contributed by atoms with E-state index in [0.29, 0.717) is 12.3 Å². The van der Waals surface area contributed by atoms with Crippen LogP contribution in [0.4, 0.5) is 6.01 Å². The van der Waals surface area contributed by atoms with Gasteiger partial charge in [0.05, 0.1) is 7.11 Å². The third kappa shape index (κ3) is 3.40. The van der Waals surface area contributed by atoms with Crippen LogP contribution in [-0.2, 0) is 21.2 Å². The van der Waals surface area contributed by atoms with E-state index in [1.54, 1.807) is 0 Å². The largest absolute Gasteiger partial charge is 0.464 e. The molecule has 2 heterocycles. The number of hydrogen-bond donors (Lipinski definition) is 2. The van der Waals surface area contributed by atoms with Crippen molar-refractivity contribution < 1.29 is 22.4 Å². The van der Waals surface area contributed by atoms with Crippen LogP contribution in [0.2, 0.25) is 0 Å². The number of carbonyl (C=O) groups is 1. The Morgan fingerprint density at radius 3 is 2.90 bits per heavy atom. The lowest BCUT2D eigenvalue weighted by atomic mass is 10.3. The molecule has 0 saturated carbocycles. The number of methoxy groups -OCH3 is 1. The minimum absolute atomic E-state index is 0.0232. The maximum Gasteiger partial charge on any atom is 0.354 e. The monoisotopic (exact) mass is 314 g/mol. The lowest BCUT2D eigenvalue weighted by Crippen LogP contribution is -2.12. The summed E-state index contributed by atoms with van der Waals surface area (Å²) in [5.41, 5.74) is 0.0232. The number of nitrogens with zero attached hydrogens (tertiary/aromatic N) is 2. The summed E-state index contributed by atoms with van der Waals surface area (Å²) in [6.45, 7) is 1.93. The molecule has 0 aliphatic heterocycles. The summed E-state index contributed by atoms with van der Waals surface area (Å²) >= 11 is 0.